The van der Waals surface area contributed by atoms with Crippen LogP contribution in [-0.4, -0.2) is 40.0 Å². The molecule has 0 bridgehead atoms. The van der Waals surface area contributed by atoms with Gasteiger partial charge in [-0.05, 0) is 25.2 Å². The molecule has 1 unspecified atom stereocenters. The van der Waals surface area contributed by atoms with Gasteiger partial charge in [-0.1, -0.05) is 13.8 Å². The zero-order valence-corrected chi connectivity index (χ0v) is 12.5. The average molecular weight is 293 g/mol. The van der Waals surface area contributed by atoms with Gasteiger partial charge in [-0.25, -0.2) is 0 Å². The molecule has 21 heavy (non-hydrogen) atoms. The predicted molar refractivity (Wildman–Crippen MR) is 81.7 cm³/mol. The van der Waals surface area contributed by atoms with Crippen molar-refractivity contribution in [3.8, 4) is 0 Å². The Morgan fingerprint density at radius 2 is 1.86 bits per heavy atom. The fourth-order valence-electron chi connectivity index (χ4n) is 2.39. The average Bonchev–Trinajstić information content (AvgIpc) is 2.44. The third kappa shape index (κ3) is 3.93. The number of hydrogen-bond acceptors (Lipinski definition) is 7. The molecule has 1 amide bonds. The second kappa shape index (κ2) is 6.55. The number of carbonyl (C=O) groups excluding carboxylic acids is 1. The molecule has 2 heterocycles. The summed E-state index contributed by atoms with van der Waals surface area (Å²) in [5.74, 6) is 0.569. The van der Waals surface area contributed by atoms with E-state index in [1.54, 1.807) is 0 Å². The van der Waals surface area contributed by atoms with Crippen LogP contribution in [0.5, 0.6) is 0 Å². The maximum Gasteiger partial charge on any atom is 0.240 e. The van der Waals surface area contributed by atoms with Crippen LogP contribution in [0.4, 0.5) is 17.8 Å². The topological polar surface area (TPSA) is 123 Å². The van der Waals surface area contributed by atoms with Crippen LogP contribution < -0.4 is 21.7 Å². The Labute approximate surface area is 124 Å². The number of nitrogens with two attached hydrogens (primary N) is 2. The number of piperidine rings is 1. The number of anilines is 3. The third-order valence-electron chi connectivity index (χ3n) is 3.54. The number of nitrogens with zero attached hydrogens (tertiary/aromatic N) is 4. The van der Waals surface area contributed by atoms with E-state index in [1.165, 1.54) is 6.42 Å². The summed E-state index contributed by atoms with van der Waals surface area (Å²) >= 11 is 0. The summed E-state index contributed by atoms with van der Waals surface area (Å²) in [5, 5.41) is 2.95. The number of primary amides is 1. The van der Waals surface area contributed by atoms with Crippen LogP contribution in [0.1, 0.15) is 33.1 Å². The number of nitrogens with one attached hydrogen (secondary N) is 1. The molecule has 0 saturated carbocycles. The van der Waals surface area contributed by atoms with Gasteiger partial charge in [0.1, 0.15) is 6.04 Å². The molecular weight excluding hydrogens is 270 g/mol. The van der Waals surface area contributed by atoms with Gasteiger partial charge in [-0.2, -0.15) is 15.0 Å². The van der Waals surface area contributed by atoms with E-state index in [9.17, 15) is 4.79 Å². The van der Waals surface area contributed by atoms with Crippen LogP contribution in [0.25, 0.3) is 0 Å². The van der Waals surface area contributed by atoms with Gasteiger partial charge in [-0.3, -0.25) is 4.79 Å². The van der Waals surface area contributed by atoms with Crippen molar-refractivity contribution in [3.05, 3.63) is 0 Å². The van der Waals surface area contributed by atoms with Crippen molar-refractivity contribution in [2.45, 2.75) is 39.2 Å². The first-order valence-electron chi connectivity index (χ1n) is 7.29. The van der Waals surface area contributed by atoms with Gasteiger partial charge < -0.3 is 21.7 Å². The normalized spacial score (nSPS) is 16.8. The molecule has 1 aromatic rings. The summed E-state index contributed by atoms with van der Waals surface area (Å²) in [6.07, 6.45) is 3.45. The highest BCUT2D eigenvalue weighted by Crippen LogP contribution is 2.18. The van der Waals surface area contributed by atoms with Gasteiger partial charge in [0.2, 0.25) is 23.8 Å². The van der Waals surface area contributed by atoms with Gasteiger partial charge in [0, 0.05) is 13.1 Å². The maximum atomic E-state index is 11.5. The molecule has 0 radical (unpaired) electrons. The first-order valence-corrected chi connectivity index (χ1v) is 7.29. The lowest BCUT2D eigenvalue weighted by molar-refractivity contribution is -0.119. The first kappa shape index (κ1) is 15.3. The summed E-state index contributed by atoms with van der Waals surface area (Å²) in [4.78, 5) is 26.1. The zero-order chi connectivity index (χ0) is 15.4. The van der Waals surface area contributed by atoms with Gasteiger partial charge in [0.05, 0.1) is 0 Å². The summed E-state index contributed by atoms with van der Waals surface area (Å²) in [6.45, 7) is 5.62. The van der Waals surface area contributed by atoms with Crippen molar-refractivity contribution >= 4 is 23.8 Å². The number of hydrogen-bond donors (Lipinski definition) is 3. The van der Waals surface area contributed by atoms with Crippen molar-refractivity contribution in [2.24, 2.45) is 11.7 Å². The van der Waals surface area contributed by atoms with Crippen LogP contribution in [0.2, 0.25) is 0 Å². The molecule has 1 atom stereocenters. The largest absolute Gasteiger partial charge is 0.368 e. The molecule has 1 fully saturated rings. The highest BCUT2D eigenvalue weighted by Gasteiger charge is 2.22. The van der Waals surface area contributed by atoms with Crippen LogP contribution in [0, 0.1) is 5.92 Å². The van der Waals surface area contributed by atoms with E-state index in [1.807, 2.05) is 13.8 Å². The highest BCUT2D eigenvalue weighted by molar-refractivity contribution is 5.82. The fourth-order valence-corrected chi connectivity index (χ4v) is 2.39. The smallest absolute Gasteiger partial charge is 0.240 e. The molecule has 2 rings (SSSR count). The lowest BCUT2D eigenvalue weighted by Crippen LogP contribution is -2.40. The summed E-state index contributed by atoms with van der Waals surface area (Å²) in [5.41, 5.74) is 11.1. The molecule has 116 valence electrons. The van der Waals surface area contributed by atoms with Crippen LogP contribution in [0.3, 0.4) is 0 Å². The molecule has 0 spiro atoms. The van der Waals surface area contributed by atoms with E-state index in [4.69, 9.17) is 11.5 Å². The number of carbonyl (C=O) groups is 1. The minimum Gasteiger partial charge on any atom is -0.368 e. The molecule has 1 aromatic heterocycles. The van der Waals surface area contributed by atoms with E-state index >= 15 is 0 Å². The summed E-state index contributed by atoms with van der Waals surface area (Å²) in [7, 11) is 0. The van der Waals surface area contributed by atoms with Crippen molar-refractivity contribution in [1.82, 2.24) is 15.0 Å². The van der Waals surface area contributed by atoms with Crippen molar-refractivity contribution in [2.75, 3.05) is 29.0 Å². The SMILES string of the molecule is CC(C)C(Nc1nc(N)nc(N2CCCCC2)n1)C(N)=O. The molecule has 1 aliphatic heterocycles. The third-order valence-corrected chi connectivity index (χ3v) is 3.54. The molecule has 1 aliphatic rings. The molecule has 8 nitrogen and oxygen atoms in total. The van der Waals surface area contributed by atoms with Crippen molar-refractivity contribution < 1.29 is 4.79 Å². The van der Waals surface area contributed by atoms with E-state index in [0.29, 0.717) is 11.9 Å². The Kier molecular flexibility index (Phi) is 4.77. The van der Waals surface area contributed by atoms with Gasteiger partial charge >= 0.3 is 0 Å². The van der Waals surface area contributed by atoms with Gasteiger partial charge in [0.25, 0.3) is 0 Å². The lowest BCUT2D eigenvalue weighted by atomic mass is 10.0. The number of aromatic nitrogens is 3. The standard InChI is InChI=1S/C13H23N7O/c1-8(2)9(10(14)21)16-12-17-11(15)18-13(19-12)20-6-4-3-5-7-20/h8-9H,3-7H2,1-2H3,(H2,14,21)(H3,15,16,17,18,19). The van der Waals surface area contributed by atoms with Gasteiger partial charge in [-0.15, -0.1) is 0 Å². The van der Waals surface area contributed by atoms with Crippen LogP contribution in [-0.2, 0) is 4.79 Å². The number of amides is 1. The van der Waals surface area contributed by atoms with Crippen molar-refractivity contribution in [1.29, 1.82) is 0 Å². The fraction of sp³-hybridized carbons (Fsp3) is 0.692. The monoisotopic (exact) mass is 293 g/mol. The second-order valence-corrected chi connectivity index (χ2v) is 5.63. The minimum atomic E-state index is -0.541. The van der Waals surface area contributed by atoms with E-state index < -0.39 is 11.9 Å². The van der Waals surface area contributed by atoms with E-state index in [-0.39, 0.29) is 11.9 Å². The second-order valence-electron chi connectivity index (χ2n) is 5.63. The Morgan fingerprint density at radius 1 is 1.19 bits per heavy atom. The lowest BCUT2D eigenvalue weighted by Gasteiger charge is -2.27. The number of nitrogen functional groups attached to an aromatic ring is 1. The van der Waals surface area contributed by atoms with E-state index in [2.05, 4.69) is 25.2 Å². The Morgan fingerprint density at radius 3 is 2.43 bits per heavy atom. The summed E-state index contributed by atoms with van der Waals surface area (Å²) < 4.78 is 0. The maximum absolute atomic E-state index is 11.5. The predicted octanol–water partition coefficient (Wildman–Crippen LogP) is 0.366. The van der Waals surface area contributed by atoms with E-state index in [0.717, 1.165) is 25.9 Å². The van der Waals surface area contributed by atoms with Gasteiger partial charge in [0.15, 0.2) is 0 Å². The van der Waals surface area contributed by atoms with Crippen LogP contribution >= 0.6 is 0 Å². The molecule has 0 aliphatic carbocycles. The molecular formula is C13H23N7O. The molecule has 1 saturated heterocycles. The summed E-state index contributed by atoms with van der Waals surface area (Å²) in [6, 6.07) is -0.541. The molecule has 0 aromatic carbocycles. The first-order chi connectivity index (χ1) is 9.97. The molecule has 8 heteroatoms. The van der Waals surface area contributed by atoms with Crippen LogP contribution in [0.15, 0.2) is 0 Å². The zero-order valence-electron chi connectivity index (χ0n) is 12.5. The highest BCUT2D eigenvalue weighted by atomic mass is 16.1. The Hall–Kier alpha value is -2.12. The van der Waals surface area contributed by atoms with Crippen molar-refractivity contribution in [3.63, 3.8) is 0 Å². The Bertz CT molecular complexity index is 499. The minimum absolute atomic E-state index is 0.0268. The number of rotatable bonds is 5. The molecule has 5 N–H and O–H groups in total. The Balaban J connectivity index is 2.19. The quantitative estimate of drug-likeness (QED) is 0.716.